The maximum absolute atomic E-state index is 8.60. The van der Waals surface area contributed by atoms with Crippen LogP contribution in [0.5, 0.6) is 0 Å². The molecule has 0 aromatic rings. The standard InChI is InChI=1S/C8H16Cl2N2.ClHO4/c1-3-8(2)11-12(6-4-9)7-5-10;2-1(3,4)5/h3-7H2,1-2H3;(H,2,3,4,5). The summed E-state index contributed by atoms with van der Waals surface area (Å²) in [6.07, 6.45) is 0.973. The van der Waals surface area contributed by atoms with Gasteiger partial charge in [-0.15, -0.1) is 23.2 Å². The molecule has 0 bridgehead atoms. The van der Waals surface area contributed by atoms with Crippen LogP contribution in [0, 0.1) is 10.2 Å². The van der Waals surface area contributed by atoms with Gasteiger partial charge in [0, 0.05) is 30.6 Å². The monoisotopic (exact) mass is 310 g/mol. The maximum Gasteiger partial charge on any atom is 0.0777 e. The molecule has 0 rings (SSSR count). The first-order valence-electron chi connectivity index (χ1n) is 4.78. The Balaban J connectivity index is 0. The minimum atomic E-state index is -4.69. The van der Waals surface area contributed by atoms with Gasteiger partial charge in [-0.05, 0) is 13.3 Å². The minimum absolute atomic E-state index is 0.595. The minimum Gasteiger partial charge on any atom is -0.295 e. The zero-order valence-corrected chi connectivity index (χ0v) is 12.0. The molecule has 0 aliphatic rings. The highest BCUT2D eigenvalue weighted by molar-refractivity contribution is 6.18. The van der Waals surface area contributed by atoms with Gasteiger partial charge in [0.1, 0.15) is 0 Å². The van der Waals surface area contributed by atoms with Gasteiger partial charge in [0.05, 0.1) is 14.9 Å². The van der Waals surface area contributed by atoms with Gasteiger partial charge in [-0.3, -0.25) is 5.01 Å². The Morgan fingerprint density at radius 2 is 1.59 bits per heavy atom. The summed E-state index contributed by atoms with van der Waals surface area (Å²) in [7, 11) is -4.69. The van der Waals surface area contributed by atoms with Crippen molar-refractivity contribution in [2.45, 2.75) is 20.3 Å². The highest BCUT2D eigenvalue weighted by atomic mass is 35.7. The zero-order valence-electron chi connectivity index (χ0n) is 9.74. The molecule has 0 spiro atoms. The Labute approximate surface area is 113 Å². The molecule has 0 heterocycles. The normalized spacial score (nSPS) is 11.9. The molecule has 9 heteroatoms. The van der Waals surface area contributed by atoms with Gasteiger partial charge in [0.2, 0.25) is 0 Å². The van der Waals surface area contributed by atoms with E-state index in [4.69, 9.17) is 41.8 Å². The third-order valence-corrected chi connectivity index (χ3v) is 1.85. The van der Waals surface area contributed by atoms with E-state index >= 15 is 0 Å². The summed E-state index contributed by atoms with van der Waals surface area (Å²) < 4.78 is 32.7. The van der Waals surface area contributed by atoms with Gasteiger partial charge in [0.25, 0.3) is 0 Å². The highest BCUT2D eigenvalue weighted by Gasteiger charge is 1.99. The van der Waals surface area contributed by atoms with Crippen LogP contribution in [-0.2, 0) is 0 Å². The average Bonchev–Trinajstić information content (AvgIpc) is 2.15. The van der Waals surface area contributed by atoms with Gasteiger partial charge in [-0.2, -0.15) is 19.1 Å². The van der Waals surface area contributed by atoms with E-state index in [0.717, 1.165) is 25.2 Å². The summed E-state index contributed by atoms with van der Waals surface area (Å²) in [5, 5.41) is 6.27. The second-order valence-corrected chi connectivity index (χ2v) is 4.46. The first-order chi connectivity index (χ1) is 7.74. The van der Waals surface area contributed by atoms with E-state index in [1.54, 1.807) is 0 Å². The van der Waals surface area contributed by atoms with Gasteiger partial charge < -0.3 is 0 Å². The van der Waals surface area contributed by atoms with Gasteiger partial charge >= 0.3 is 0 Å². The van der Waals surface area contributed by atoms with Crippen molar-refractivity contribution >= 4 is 28.9 Å². The number of rotatable bonds is 6. The molecule has 0 unspecified atom stereocenters. The number of nitrogens with zero attached hydrogens (tertiary/aromatic N) is 2. The van der Waals surface area contributed by atoms with Gasteiger partial charge in [-0.1, -0.05) is 6.92 Å². The molecule has 6 nitrogen and oxygen atoms in total. The van der Waals surface area contributed by atoms with Crippen molar-refractivity contribution in [2.75, 3.05) is 24.8 Å². The molecule has 0 fully saturated rings. The Bertz CT molecular complexity index is 199. The Kier molecular flexibility index (Phi) is 13.0. The highest BCUT2D eigenvalue weighted by Crippen LogP contribution is 1.95. The SMILES string of the molecule is CCC(C)=NN(CCCl)CCCl.[O-][Cl+3]([O-])([O-])O. The van der Waals surface area contributed by atoms with Crippen molar-refractivity contribution in [3.05, 3.63) is 0 Å². The Morgan fingerprint density at radius 3 is 1.82 bits per heavy atom. The first-order valence-corrected chi connectivity index (χ1v) is 7.12. The van der Waals surface area contributed by atoms with Crippen LogP contribution in [-0.4, -0.2) is 40.2 Å². The second kappa shape index (κ2) is 11.3. The van der Waals surface area contributed by atoms with E-state index < -0.39 is 10.2 Å². The van der Waals surface area contributed by atoms with Crippen LogP contribution in [0.15, 0.2) is 5.10 Å². The Hall–Kier alpha value is 0.180. The summed E-state index contributed by atoms with van der Waals surface area (Å²) in [6, 6.07) is 0. The van der Waals surface area contributed by atoms with E-state index in [1.165, 1.54) is 0 Å². The van der Waals surface area contributed by atoms with Crippen molar-refractivity contribution in [3.63, 3.8) is 0 Å². The number of alkyl halides is 2. The molecule has 104 valence electrons. The van der Waals surface area contributed by atoms with E-state index in [0.29, 0.717) is 11.8 Å². The molecule has 0 atom stereocenters. The van der Waals surface area contributed by atoms with E-state index in [9.17, 15) is 0 Å². The third-order valence-electron chi connectivity index (χ3n) is 1.51. The Morgan fingerprint density at radius 1 is 1.24 bits per heavy atom. The molecule has 0 aliphatic heterocycles. The van der Waals surface area contributed by atoms with Crippen molar-refractivity contribution < 1.29 is 28.9 Å². The lowest BCUT2D eigenvalue weighted by Crippen LogP contribution is -2.58. The molecule has 0 saturated carbocycles. The number of hydrogen-bond donors (Lipinski definition) is 1. The fourth-order valence-electron chi connectivity index (χ4n) is 0.719. The quantitative estimate of drug-likeness (QED) is 0.362. The van der Waals surface area contributed by atoms with Crippen LogP contribution in [0.3, 0.4) is 0 Å². The molecule has 17 heavy (non-hydrogen) atoms. The van der Waals surface area contributed by atoms with Crippen molar-refractivity contribution in [1.82, 2.24) is 5.01 Å². The molecule has 0 aliphatic carbocycles. The van der Waals surface area contributed by atoms with Crippen molar-refractivity contribution in [2.24, 2.45) is 5.10 Å². The summed E-state index contributed by atoms with van der Waals surface area (Å²) in [5.74, 6) is 1.19. The predicted molar refractivity (Wildman–Crippen MR) is 58.6 cm³/mol. The molecular weight excluding hydrogens is 294 g/mol. The largest absolute Gasteiger partial charge is 0.295 e. The lowest BCUT2D eigenvalue weighted by Gasteiger charge is -2.17. The smallest absolute Gasteiger partial charge is 0.0777 e. The lowest BCUT2D eigenvalue weighted by molar-refractivity contribution is -1.92. The fraction of sp³-hybridized carbons (Fsp3) is 0.875. The van der Waals surface area contributed by atoms with Crippen LogP contribution >= 0.6 is 23.2 Å². The molecule has 0 aromatic carbocycles. The maximum atomic E-state index is 8.60. The molecule has 0 aromatic heterocycles. The molecular formula is C8H17Cl3N2O4. The van der Waals surface area contributed by atoms with Gasteiger partial charge in [-0.25, -0.2) is 0 Å². The summed E-state index contributed by atoms with van der Waals surface area (Å²) in [5.41, 5.74) is 1.12. The van der Waals surface area contributed by atoms with Crippen LogP contribution in [0.1, 0.15) is 20.3 Å². The summed E-state index contributed by atoms with van der Waals surface area (Å²) in [4.78, 5) is 0. The first kappa shape index (κ1) is 19.5. The zero-order chi connectivity index (χ0) is 13.9. The fourth-order valence-corrected chi connectivity index (χ4v) is 1.11. The number of halogens is 3. The number of hydrogen-bond acceptors (Lipinski definition) is 6. The van der Waals surface area contributed by atoms with Gasteiger partial charge in [0.15, 0.2) is 0 Å². The topological polar surface area (TPSA) is 105 Å². The molecule has 0 amide bonds. The average molecular weight is 312 g/mol. The van der Waals surface area contributed by atoms with Crippen molar-refractivity contribution in [3.8, 4) is 0 Å². The van der Waals surface area contributed by atoms with E-state index in [1.807, 2.05) is 11.9 Å². The third kappa shape index (κ3) is 21.9. The summed E-state index contributed by atoms with van der Waals surface area (Å²) >= 11 is 11.2. The lowest BCUT2D eigenvalue weighted by atomic mass is 10.3. The van der Waals surface area contributed by atoms with E-state index in [-0.39, 0.29) is 0 Å². The van der Waals surface area contributed by atoms with Crippen LogP contribution < -0.4 is 14.0 Å². The summed E-state index contributed by atoms with van der Waals surface area (Å²) in [6.45, 7) is 5.63. The molecule has 0 radical (unpaired) electrons. The van der Waals surface area contributed by atoms with Crippen LogP contribution in [0.25, 0.3) is 0 Å². The predicted octanol–water partition coefficient (Wildman–Crippen LogP) is -1.57. The van der Waals surface area contributed by atoms with Crippen LogP contribution in [0.2, 0.25) is 0 Å². The van der Waals surface area contributed by atoms with Crippen LogP contribution in [0.4, 0.5) is 0 Å². The molecule has 0 saturated heterocycles. The second-order valence-electron chi connectivity index (χ2n) is 2.92. The van der Waals surface area contributed by atoms with Crippen molar-refractivity contribution in [1.29, 1.82) is 0 Å². The number of hydrazone groups is 1. The van der Waals surface area contributed by atoms with E-state index in [2.05, 4.69) is 12.0 Å². The molecule has 1 N–H and O–H groups in total.